The van der Waals surface area contributed by atoms with Gasteiger partial charge < -0.3 is 19.8 Å². The van der Waals surface area contributed by atoms with Crippen molar-refractivity contribution in [1.29, 1.82) is 0 Å². The molecule has 116 valence electrons. The number of carbonyl (C=O) groups is 1. The highest BCUT2D eigenvalue weighted by Crippen LogP contribution is 2.16. The van der Waals surface area contributed by atoms with Crippen molar-refractivity contribution in [2.45, 2.75) is 6.92 Å². The van der Waals surface area contributed by atoms with Crippen LogP contribution in [0.15, 0.2) is 41.3 Å². The lowest BCUT2D eigenvalue weighted by Gasteiger charge is -2.09. The van der Waals surface area contributed by atoms with Gasteiger partial charge in [0.25, 0.3) is 11.5 Å². The van der Waals surface area contributed by atoms with Crippen LogP contribution in [0.2, 0.25) is 0 Å². The van der Waals surface area contributed by atoms with E-state index in [-0.39, 0.29) is 5.56 Å². The summed E-state index contributed by atoms with van der Waals surface area (Å²) in [5.41, 5.74) is 0.373. The van der Waals surface area contributed by atoms with Gasteiger partial charge in [-0.25, -0.2) is 0 Å². The van der Waals surface area contributed by atoms with Crippen molar-refractivity contribution in [3.63, 3.8) is 0 Å². The molecule has 2 aromatic rings. The van der Waals surface area contributed by atoms with Gasteiger partial charge in [-0.2, -0.15) is 0 Å². The summed E-state index contributed by atoms with van der Waals surface area (Å²) in [7, 11) is 1.60. The Labute approximate surface area is 128 Å². The first-order chi connectivity index (χ1) is 10.6. The van der Waals surface area contributed by atoms with Crippen LogP contribution >= 0.6 is 0 Å². The molecule has 22 heavy (non-hydrogen) atoms. The summed E-state index contributed by atoms with van der Waals surface area (Å²) >= 11 is 0. The zero-order valence-corrected chi connectivity index (χ0v) is 12.5. The summed E-state index contributed by atoms with van der Waals surface area (Å²) < 4.78 is 10.5. The lowest BCUT2D eigenvalue weighted by Crippen LogP contribution is -2.33. The molecule has 0 aliphatic rings. The van der Waals surface area contributed by atoms with Gasteiger partial charge in [-0.3, -0.25) is 9.59 Å². The normalized spacial score (nSPS) is 10.1. The molecule has 1 aromatic heterocycles. The highest BCUT2D eigenvalue weighted by molar-refractivity contribution is 5.95. The molecule has 6 heteroatoms. The molecule has 0 saturated heterocycles. The van der Waals surface area contributed by atoms with E-state index in [1.807, 2.05) is 0 Å². The molecule has 0 radical (unpaired) electrons. The second kappa shape index (κ2) is 7.31. The number of H-pyrrole nitrogens is 1. The van der Waals surface area contributed by atoms with Crippen molar-refractivity contribution in [2.75, 3.05) is 20.3 Å². The van der Waals surface area contributed by atoms with Crippen LogP contribution in [-0.2, 0) is 0 Å². The Morgan fingerprint density at radius 1 is 1.18 bits per heavy atom. The number of benzene rings is 1. The lowest BCUT2D eigenvalue weighted by atomic mass is 10.1. The number of pyridine rings is 1. The monoisotopic (exact) mass is 302 g/mol. The SMILES string of the molecule is COc1ccc(OCCNC(=O)c2c(C)cc[nH]c2=O)cc1. The van der Waals surface area contributed by atoms with Gasteiger partial charge in [-0.1, -0.05) is 0 Å². The van der Waals surface area contributed by atoms with Crippen molar-refractivity contribution in [2.24, 2.45) is 0 Å². The lowest BCUT2D eigenvalue weighted by molar-refractivity contribution is 0.0945. The summed E-state index contributed by atoms with van der Waals surface area (Å²) in [6.07, 6.45) is 1.52. The van der Waals surface area contributed by atoms with Crippen molar-refractivity contribution in [3.8, 4) is 11.5 Å². The Hall–Kier alpha value is -2.76. The third-order valence-corrected chi connectivity index (χ3v) is 3.11. The molecule has 1 heterocycles. The number of amides is 1. The molecule has 0 bridgehead atoms. The number of aromatic amines is 1. The van der Waals surface area contributed by atoms with Crippen molar-refractivity contribution in [3.05, 3.63) is 58.0 Å². The van der Waals surface area contributed by atoms with Crippen LogP contribution in [0.5, 0.6) is 11.5 Å². The molecule has 0 fully saturated rings. The number of aromatic nitrogens is 1. The van der Waals surface area contributed by atoms with Crippen molar-refractivity contribution in [1.82, 2.24) is 10.3 Å². The zero-order valence-electron chi connectivity index (χ0n) is 12.5. The zero-order chi connectivity index (χ0) is 15.9. The van der Waals surface area contributed by atoms with Crippen molar-refractivity contribution < 1.29 is 14.3 Å². The number of aryl methyl sites for hydroxylation is 1. The molecular formula is C16H18N2O4. The molecule has 0 aliphatic heterocycles. The average molecular weight is 302 g/mol. The highest BCUT2D eigenvalue weighted by Gasteiger charge is 2.12. The van der Waals surface area contributed by atoms with Gasteiger partial charge >= 0.3 is 0 Å². The molecule has 2 N–H and O–H groups in total. The van der Waals surface area contributed by atoms with E-state index in [9.17, 15) is 9.59 Å². The molecule has 0 aliphatic carbocycles. The number of rotatable bonds is 6. The first kappa shape index (κ1) is 15.6. The van der Waals surface area contributed by atoms with E-state index in [0.717, 1.165) is 5.75 Å². The molecule has 6 nitrogen and oxygen atoms in total. The minimum Gasteiger partial charge on any atom is -0.497 e. The number of methoxy groups -OCH3 is 1. The third-order valence-electron chi connectivity index (χ3n) is 3.11. The van der Waals surface area contributed by atoms with Crippen LogP contribution < -0.4 is 20.3 Å². The van der Waals surface area contributed by atoms with E-state index >= 15 is 0 Å². The van der Waals surface area contributed by atoms with Crippen LogP contribution in [0.25, 0.3) is 0 Å². The van der Waals surface area contributed by atoms with E-state index in [1.54, 1.807) is 44.4 Å². The maximum atomic E-state index is 12.0. The van der Waals surface area contributed by atoms with E-state index in [2.05, 4.69) is 10.3 Å². The highest BCUT2D eigenvalue weighted by atomic mass is 16.5. The largest absolute Gasteiger partial charge is 0.497 e. The Kier molecular flexibility index (Phi) is 5.19. The van der Waals surface area contributed by atoms with Crippen LogP contribution in [0.3, 0.4) is 0 Å². The number of hydrogen-bond donors (Lipinski definition) is 2. The molecule has 0 spiro atoms. The summed E-state index contributed by atoms with van der Waals surface area (Å²) in [6.45, 7) is 2.33. The fraction of sp³-hybridized carbons (Fsp3) is 0.250. The molecule has 1 amide bonds. The predicted molar refractivity (Wildman–Crippen MR) is 82.6 cm³/mol. The molecule has 2 rings (SSSR count). The van der Waals surface area contributed by atoms with Gasteiger partial charge in [0.1, 0.15) is 23.7 Å². The second-order valence-electron chi connectivity index (χ2n) is 4.64. The third kappa shape index (κ3) is 3.88. The topological polar surface area (TPSA) is 80.4 Å². The van der Waals surface area contributed by atoms with Crippen LogP contribution in [0.1, 0.15) is 15.9 Å². The number of carbonyl (C=O) groups excluding carboxylic acids is 1. The van der Waals surface area contributed by atoms with Crippen molar-refractivity contribution >= 4 is 5.91 Å². The minimum atomic E-state index is -0.405. The van der Waals surface area contributed by atoms with Gasteiger partial charge in [0, 0.05) is 6.20 Å². The second-order valence-corrected chi connectivity index (χ2v) is 4.64. The Morgan fingerprint density at radius 2 is 1.86 bits per heavy atom. The maximum Gasteiger partial charge on any atom is 0.261 e. The Balaban J connectivity index is 1.83. The standard InChI is InChI=1S/C16H18N2O4/c1-11-7-8-17-15(19)14(11)16(20)18-9-10-22-13-5-3-12(21-2)4-6-13/h3-8H,9-10H2,1-2H3,(H,17,19)(H,18,20). The van der Waals surface area contributed by atoms with E-state index in [1.165, 1.54) is 6.20 Å². The minimum absolute atomic E-state index is 0.131. The summed E-state index contributed by atoms with van der Waals surface area (Å²) in [4.78, 5) is 26.1. The van der Waals surface area contributed by atoms with E-state index in [4.69, 9.17) is 9.47 Å². The first-order valence-corrected chi connectivity index (χ1v) is 6.85. The van der Waals surface area contributed by atoms with Gasteiger partial charge in [0.05, 0.1) is 13.7 Å². The molecule has 0 saturated carbocycles. The van der Waals surface area contributed by atoms with Gasteiger partial charge in [0.15, 0.2) is 0 Å². The van der Waals surface area contributed by atoms with Crippen LogP contribution in [-0.4, -0.2) is 31.2 Å². The molecular weight excluding hydrogens is 284 g/mol. The summed E-state index contributed by atoms with van der Waals surface area (Å²) in [5.74, 6) is 1.03. The maximum absolute atomic E-state index is 12.0. The van der Waals surface area contributed by atoms with E-state index in [0.29, 0.717) is 24.5 Å². The summed E-state index contributed by atoms with van der Waals surface area (Å²) in [6, 6.07) is 8.84. The molecule has 1 aromatic carbocycles. The fourth-order valence-corrected chi connectivity index (χ4v) is 1.95. The smallest absolute Gasteiger partial charge is 0.261 e. The van der Waals surface area contributed by atoms with Gasteiger partial charge in [-0.15, -0.1) is 0 Å². The fourth-order valence-electron chi connectivity index (χ4n) is 1.95. The summed E-state index contributed by atoms with van der Waals surface area (Å²) in [5, 5.41) is 2.66. The number of nitrogens with one attached hydrogen (secondary N) is 2. The number of ether oxygens (including phenoxy) is 2. The predicted octanol–water partition coefficient (Wildman–Crippen LogP) is 1.50. The Morgan fingerprint density at radius 3 is 2.50 bits per heavy atom. The van der Waals surface area contributed by atoms with Crippen LogP contribution in [0, 0.1) is 6.92 Å². The van der Waals surface area contributed by atoms with Gasteiger partial charge in [-0.05, 0) is 42.8 Å². The number of hydrogen-bond acceptors (Lipinski definition) is 4. The average Bonchev–Trinajstić information content (AvgIpc) is 2.52. The Bertz CT molecular complexity index is 692. The van der Waals surface area contributed by atoms with E-state index < -0.39 is 11.5 Å². The molecule has 0 unspecified atom stereocenters. The quantitative estimate of drug-likeness (QED) is 0.792. The van der Waals surface area contributed by atoms with Gasteiger partial charge in [0.2, 0.25) is 0 Å². The first-order valence-electron chi connectivity index (χ1n) is 6.85. The molecule has 0 atom stereocenters. The van der Waals surface area contributed by atoms with Crippen LogP contribution in [0.4, 0.5) is 0 Å².